The Hall–Kier alpha value is -2.32. The number of guanidine groups is 1. The number of hydrogen-bond acceptors (Lipinski definition) is 4. The number of benzene rings is 1. The third kappa shape index (κ3) is 6.11. The van der Waals surface area contributed by atoms with E-state index >= 15 is 0 Å². The van der Waals surface area contributed by atoms with Gasteiger partial charge in [-0.2, -0.15) is 0 Å². The van der Waals surface area contributed by atoms with Gasteiger partial charge in [0.2, 0.25) is 5.91 Å². The molecule has 2 fully saturated rings. The van der Waals surface area contributed by atoms with Crippen molar-refractivity contribution < 1.29 is 9.59 Å². The fraction of sp³-hybridized carbons (Fsp3) is 0.591. The lowest BCUT2D eigenvalue weighted by atomic mass is 10.2. The number of likely N-dealkylation sites (tertiary alicyclic amines) is 1. The molecule has 2 heterocycles. The van der Waals surface area contributed by atoms with Gasteiger partial charge in [-0.1, -0.05) is 23.7 Å². The Kier molecular flexibility index (Phi) is 8.54. The fourth-order valence-electron chi connectivity index (χ4n) is 4.10. The van der Waals surface area contributed by atoms with Crippen molar-refractivity contribution in [2.24, 2.45) is 4.99 Å². The first kappa shape index (κ1) is 23.3. The van der Waals surface area contributed by atoms with Crippen molar-refractivity contribution in [3.8, 4) is 0 Å². The zero-order valence-electron chi connectivity index (χ0n) is 18.4. The highest BCUT2D eigenvalue weighted by molar-refractivity contribution is 6.33. The second kappa shape index (κ2) is 11.3. The Morgan fingerprint density at radius 2 is 1.65 bits per heavy atom. The summed E-state index contributed by atoms with van der Waals surface area (Å²) < 4.78 is 0. The van der Waals surface area contributed by atoms with Crippen LogP contribution in [0.1, 0.15) is 30.1 Å². The Bertz CT molecular complexity index is 788. The molecule has 0 aliphatic carbocycles. The molecule has 2 aliphatic rings. The second-order valence-electron chi connectivity index (χ2n) is 7.94. The average Bonchev–Trinajstić information content (AvgIpc) is 3.33. The maximum atomic E-state index is 12.7. The first-order chi connectivity index (χ1) is 15.0. The first-order valence-electron chi connectivity index (χ1n) is 11.0. The van der Waals surface area contributed by atoms with Crippen LogP contribution in [-0.2, 0) is 4.79 Å². The van der Waals surface area contributed by atoms with Crippen molar-refractivity contribution >= 4 is 29.4 Å². The molecule has 1 atom stereocenters. The SMILES string of the molecule is CN=C(NCCNC(=O)c1ccccc1Cl)N1CCN(C(C)C(=O)N2CCCC2)CC1. The highest BCUT2D eigenvalue weighted by atomic mass is 35.5. The summed E-state index contributed by atoms with van der Waals surface area (Å²) in [4.78, 5) is 35.7. The van der Waals surface area contributed by atoms with Gasteiger partial charge in [0.1, 0.15) is 0 Å². The van der Waals surface area contributed by atoms with Crippen molar-refractivity contribution in [3.05, 3.63) is 34.9 Å². The molecule has 31 heavy (non-hydrogen) atoms. The number of aliphatic imine (C=N–C) groups is 1. The molecule has 2 aliphatic heterocycles. The number of rotatable bonds is 6. The van der Waals surface area contributed by atoms with Gasteiger partial charge in [0.25, 0.3) is 5.91 Å². The number of halogens is 1. The van der Waals surface area contributed by atoms with E-state index in [0.29, 0.717) is 23.7 Å². The van der Waals surface area contributed by atoms with Gasteiger partial charge >= 0.3 is 0 Å². The van der Waals surface area contributed by atoms with E-state index in [4.69, 9.17) is 11.6 Å². The average molecular weight is 449 g/mol. The molecule has 2 saturated heterocycles. The normalized spacial score (nSPS) is 18.7. The fourth-order valence-corrected chi connectivity index (χ4v) is 4.32. The summed E-state index contributed by atoms with van der Waals surface area (Å²) in [6, 6.07) is 6.93. The molecule has 2 amide bonds. The van der Waals surface area contributed by atoms with Crippen LogP contribution in [0.25, 0.3) is 0 Å². The molecule has 1 aromatic rings. The zero-order valence-corrected chi connectivity index (χ0v) is 19.2. The highest BCUT2D eigenvalue weighted by Crippen LogP contribution is 2.15. The van der Waals surface area contributed by atoms with Crippen LogP contribution in [0.5, 0.6) is 0 Å². The summed E-state index contributed by atoms with van der Waals surface area (Å²) in [5.74, 6) is 0.876. The quantitative estimate of drug-likeness (QED) is 0.389. The van der Waals surface area contributed by atoms with E-state index in [2.05, 4.69) is 25.4 Å². The number of nitrogens with one attached hydrogen (secondary N) is 2. The molecule has 0 saturated carbocycles. The molecule has 8 nitrogen and oxygen atoms in total. The number of hydrogen-bond donors (Lipinski definition) is 2. The Balaban J connectivity index is 1.39. The summed E-state index contributed by atoms with van der Waals surface area (Å²) >= 11 is 6.07. The summed E-state index contributed by atoms with van der Waals surface area (Å²) in [5.41, 5.74) is 0.474. The van der Waals surface area contributed by atoms with Crippen LogP contribution in [0, 0.1) is 0 Å². The van der Waals surface area contributed by atoms with Gasteiger partial charge in [-0.15, -0.1) is 0 Å². The topological polar surface area (TPSA) is 80.3 Å². The van der Waals surface area contributed by atoms with E-state index in [0.717, 1.165) is 58.1 Å². The van der Waals surface area contributed by atoms with Crippen molar-refractivity contribution in [1.82, 2.24) is 25.3 Å². The van der Waals surface area contributed by atoms with Crippen LogP contribution in [0.2, 0.25) is 5.02 Å². The summed E-state index contributed by atoms with van der Waals surface area (Å²) in [6.45, 7) is 8.10. The molecular weight excluding hydrogens is 416 g/mol. The zero-order chi connectivity index (χ0) is 22.2. The number of piperazine rings is 1. The van der Waals surface area contributed by atoms with Crippen LogP contribution in [0.15, 0.2) is 29.3 Å². The van der Waals surface area contributed by atoms with E-state index in [1.807, 2.05) is 11.8 Å². The van der Waals surface area contributed by atoms with E-state index in [1.54, 1.807) is 31.3 Å². The molecule has 2 N–H and O–H groups in total. The Labute approximate surface area is 189 Å². The number of nitrogens with zero attached hydrogens (tertiary/aromatic N) is 4. The smallest absolute Gasteiger partial charge is 0.252 e. The van der Waals surface area contributed by atoms with Gasteiger partial charge in [0.05, 0.1) is 16.6 Å². The van der Waals surface area contributed by atoms with Gasteiger partial charge < -0.3 is 20.4 Å². The minimum absolute atomic E-state index is 0.0738. The molecular formula is C22H33ClN6O2. The Morgan fingerprint density at radius 1 is 1.00 bits per heavy atom. The minimum atomic E-state index is -0.187. The number of carbonyl (C=O) groups excluding carboxylic acids is 2. The maximum absolute atomic E-state index is 12.7. The third-order valence-electron chi connectivity index (χ3n) is 5.96. The van der Waals surface area contributed by atoms with Crippen LogP contribution in [0.4, 0.5) is 0 Å². The van der Waals surface area contributed by atoms with Gasteiger partial charge in [0.15, 0.2) is 5.96 Å². The molecule has 0 bridgehead atoms. The van der Waals surface area contributed by atoms with E-state index in [9.17, 15) is 9.59 Å². The van der Waals surface area contributed by atoms with Crippen LogP contribution >= 0.6 is 11.6 Å². The van der Waals surface area contributed by atoms with Gasteiger partial charge in [0, 0.05) is 59.4 Å². The van der Waals surface area contributed by atoms with E-state index < -0.39 is 0 Å². The van der Waals surface area contributed by atoms with Crippen molar-refractivity contribution in [1.29, 1.82) is 0 Å². The monoisotopic (exact) mass is 448 g/mol. The van der Waals surface area contributed by atoms with Gasteiger partial charge in [-0.25, -0.2) is 0 Å². The first-order valence-corrected chi connectivity index (χ1v) is 11.4. The van der Waals surface area contributed by atoms with E-state index in [-0.39, 0.29) is 17.9 Å². The predicted octanol–water partition coefficient (Wildman–Crippen LogP) is 1.27. The summed E-state index contributed by atoms with van der Waals surface area (Å²) in [5, 5.41) is 6.62. The maximum Gasteiger partial charge on any atom is 0.252 e. The third-order valence-corrected chi connectivity index (χ3v) is 6.29. The molecule has 1 aromatic carbocycles. The van der Waals surface area contributed by atoms with E-state index in [1.165, 1.54) is 0 Å². The minimum Gasteiger partial charge on any atom is -0.354 e. The molecule has 9 heteroatoms. The standard InChI is InChI=1S/C22H33ClN6O2/c1-17(21(31)28-11-5-6-12-28)27-13-15-29(16-14-27)22(24-2)26-10-9-25-20(30)18-7-3-4-8-19(18)23/h3-4,7-8,17H,5-6,9-16H2,1-2H3,(H,24,26)(H,25,30). The number of carbonyl (C=O) groups is 2. The molecule has 0 aromatic heterocycles. The highest BCUT2D eigenvalue weighted by Gasteiger charge is 2.30. The lowest BCUT2D eigenvalue weighted by Gasteiger charge is -2.39. The Morgan fingerprint density at radius 3 is 2.29 bits per heavy atom. The molecule has 170 valence electrons. The lowest BCUT2D eigenvalue weighted by Crippen LogP contribution is -2.57. The van der Waals surface area contributed by atoms with Crippen molar-refractivity contribution in [3.63, 3.8) is 0 Å². The predicted molar refractivity (Wildman–Crippen MR) is 124 cm³/mol. The molecule has 0 spiro atoms. The van der Waals surface area contributed by atoms with Gasteiger partial charge in [-0.05, 0) is 31.9 Å². The summed E-state index contributed by atoms with van der Waals surface area (Å²) in [6.07, 6.45) is 2.24. The summed E-state index contributed by atoms with van der Waals surface area (Å²) in [7, 11) is 1.76. The molecule has 0 radical (unpaired) electrons. The lowest BCUT2D eigenvalue weighted by molar-refractivity contribution is -0.135. The van der Waals surface area contributed by atoms with Gasteiger partial charge in [-0.3, -0.25) is 19.5 Å². The van der Waals surface area contributed by atoms with Crippen molar-refractivity contribution in [2.45, 2.75) is 25.8 Å². The second-order valence-corrected chi connectivity index (χ2v) is 8.35. The molecule has 3 rings (SSSR count). The molecule has 1 unspecified atom stereocenters. The largest absolute Gasteiger partial charge is 0.354 e. The van der Waals surface area contributed by atoms with Crippen LogP contribution in [-0.4, -0.2) is 97.9 Å². The number of amides is 2. The van der Waals surface area contributed by atoms with Crippen molar-refractivity contribution in [2.75, 3.05) is 59.4 Å². The van der Waals surface area contributed by atoms with Crippen LogP contribution < -0.4 is 10.6 Å². The van der Waals surface area contributed by atoms with Crippen LogP contribution in [0.3, 0.4) is 0 Å².